The van der Waals surface area contributed by atoms with E-state index in [1.54, 1.807) is 0 Å². The van der Waals surface area contributed by atoms with Crippen LogP contribution in [0.5, 0.6) is 0 Å². The first-order chi connectivity index (χ1) is 22.5. The highest BCUT2D eigenvalue weighted by atomic mass is 14.7. The van der Waals surface area contributed by atoms with Crippen LogP contribution in [0, 0.1) is 0 Å². The minimum absolute atomic E-state index is 0.0147. The van der Waals surface area contributed by atoms with Crippen LogP contribution < -0.4 is 0 Å². The monoisotopic (exact) mass is 585 g/mol. The Morgan fingerprint density at radius 1 is 0.348 bits per heavy atom. The van der Waals surface area contributed by atoms with Gasteiger partial charge in [0.25, 0.3) is 0 Å². The standard InChI is InChI=1S/C45H31N/c1-45(2)41-14-8-7-13-36(41)37-20-16-30(26-42(37)45)29-18-22-44-40(25-29)39-24-28(17-21-43(39)46-44)27-15-19-35-33-11-4-3-9-31(33)32-10-5-6-12-34(32)38(35)23-27/h3-26,46H,1-2H3. The van der Waals surface area contributed by atoms with Crippen LogP contribution >= 0.6 is 0 Å². The molecule has 0 aliphatic heterocycles. The third-order valence-corrected chi connectivity index (χ3v) is 10.6. The van der Waals surface area contributed by atoms with Crippen molar-refractivity contribution in [1.82, 2.24) is 4.98 Å². The predicted octanol–water partition coefficient (Wildman–Crippen LogP) is 12.4. The van der Waals surface area contributed by atoms with Crippen molar-refractivity contribution in [1.29, 1.82) is 0 Å². The maximum atomic E-state index is 3.68. The van der Waals surface area contributed by atoms with Gasteiger partial charge in [0.15, 0.2) is 0 Å². The predicted molar refractivity (Wildman–Crippen MR) is 197 cm³/mol. The first-order valence-corrected chi connectivity index (χ1v) is 16.2. The van der Waals surface area contributed by atoms with Crippen LogP contribution in [0.15, 0.2) is 146 Å². The molecule has 10 rings (SSSR count). The van der Waals surface area contributed by atoms with Gasteiger partial charge >= 0.3 is 0 Å². The van der Waals surface area contributed by atoms with Gasteiger partial charge in [0, 0.05) is 27.2 Å². The summed E-state index contributed by atoms with van der Waals surface area (Å²) in [6.45, 7) is 4.70. The number of fused-ring (bicyclic) bond motifs is 12. The maximum absolute atomic E-state index is 3.68. The summed E-state index contributed by atoms with van der Waals surface area (Å²) in [7, 11) is 0. The van der Waals surface area contributed by atoms with E-state index >= 15 is 0 Å². The highest BCUT2D eigenvalue weighted by Gasteiger charge is 2.35. The Morgan fingerprint density at radius 3 is 1.41 bits per heavy atom. The van der Waals surface area contributed by atoms with Crippen LogP contribution in [0.25, 0.3) is 87.5 Å². The Hall–Kier alpha value is -5.66. The van der Waals surface area contributed by atoms with Crippen LogP contribution in [0.1, 0.15) is 25.0 Å². The van der Waals surface area contributed by atoms with Crippen molar-refractivity contribution < 1.29 is 0 Å². The molecule has 0 saturated carbocycles. The first kappa shape index (κ1) is 25.6. The van der Waals surface area contributed by atoms with E-state index in [2.05, 4.69) is 164 Å². The molecular formula is C45H31N. The average Bonchev–Trinajstić information content (AvgIpc) is 3.59. The molecule has 0 atom stereocenters. The minimum atomic E-state index is -0.0147. The average molecular weight is 586 g/mol. The first-order valence-electron chi connectivity index (χ1n) is 16.2. The SMILES string of the molecule is CC1(C)c2ccccc2-c2ccc(-c3ccc4[nH]c5ccc(-c6ccc7c8ccccc8c8ccccc8c7c6)cc5c4c3)cc21. The molecule has 1 heterocycles. The van der Waals surface area contributed by atoms with E-state index in [4.69, 9.17) is 0 Å². The van der Waals surface area contributed by atoms with Gasteiger partial charge in [0.1, 0.15) is 0 Å². The molecule has 1 aliphatic rings. The van der Waals surface area contributed by atoms with E-state index in [1.165, 1.54) is 98.6 Å². The van der Waals surface area contributed by atoms with Gasteiger partial charge in [0.2, 0.25) is 0 Å². The van der Waals surface area contributed by atoms with Crippen molar-refractivity contribution >= 4 is 54.1 Å². The lowest BCUT2D eigenvalue weighted by Gasteiger charge is -2.22. The Bertz CT molecular complexity index is 2690. The summed E-state index contributed by atoms with van der Waals surface area (Å²) < 4.78 is 0. The van der Waals surface area contributed by atoms with Gasteiger partial charge in [-0.1, -0.05) is 123 Å². The maximum Gasteiger partial charge on any atom is 0.0465 e. The summed E-state index contributed by atoms with van der Waals surface area (Å²) in [5.41, 5.74) is 12.8. The molecule has 8 aromatic carbocycles. The molecule has 0 saturated heterocycles. The Morgan fingerprint density at radius 2 is 0.783 bits per heavy atom. The molecule has 1 N–H and O–H groups in total. The van der Waals surface area contributed by atoms with Gasteiger partial charge in [-0.3, -0.25) is 0 Å². The second-order valence-electron chi connectivity index (χ2n) is 13.4. The molecule has 0 unspecified atom stereocenters. The topological polar surface area (TPSA) is 15.8 Å². The molecule has 9 aromatic rings. The summed E-state index contributed by atoms with van der Waals surface area (Å²) in [4.78, 5) is 3.68. The van der Waals surface area contributed by atoms with Crippen LogP contribution in [0.3, 0.4) is 0 Å². The van der Waals surface area contributed by atoms with Gasteiger partial charge in [-0.05, 0) is 113 Å². The number of aromatic nitrogens is 1. The van der Waals surface area contributed by atoms with E-state index in [9.17, 15) is 0 Å². The fourth-order valence-electron chi connectivity index (χ4n) is 8.23. The molecule has 1 nitrogen and oxygen atoms in total. The molecule has 1 aliphatic carbocycles. The number of H-pyrrole nitrogens is 1. The lowest BCUT2D eigenvalue weighted by atomic mass is 9.81. The normalized spacial score (nSPS) is 13.6. The number of rotatable bonds is 2. The van der Waals surface area contributed by atoms with Crippen LogP contribution in [0.2, 0.25) is 0 Å². The molecule has 46 heavy (non-hydrogen) atoms. The summed E-state index contributed by atoms with van der Waals surface area (Å²) >= 11 is 0. The molecule has 1 heteroatoms. The molecular weight excluding hydrogens is 555 g/mol. The fourth-order valence-corrected chi connectivity index (χ4v) is 8.23. The highest BCUT2D eigenvalue weighted by Crippen LogP contribution is 2.49. The molecule has 0 fully saturated rings. The summed E-state index contributed by atoms with van der Waals surface area (Å²) in [6, 6.07) is 54.2. The van der Waals surface area contributed by atoms with E-state index in [-0.39, 0.29) is 5.41 Å². The van der Waals surface area contributed by atoms with E-state index in [0.29, 0.717) is 0 Å². The Balaban J connectivity index is 1.12. The second kappa shape index (κ2) is 9.19. The second-order valence-corrected chi connectivity index (χ2v) is 13.4. The number of aromatic amines is 1. The van der Waals surface area contributed by atoms with Gasteiger partial charge in [-0.15, -0.1) is 0 Å². The highest BCUT2D eigenvalue weighted by molar-refractivity contribution is 6.25. The molecule has 0 spiro atoms. The number of hydrogen-bond donors (Lipinski definition) is 1. The Kier molecular flexibility index (Phi) is 5.12. The van der Waals surface area contributed by atoms with Gasteiger partial charge < -0.3 is 4.98 Å². The number of hydrogen-bond acceptors (Lipinski definition) is 0. The molecule has 1 aromatic heterocycles. The van der Waals surface area contributed by atoms with Gasteiger partial charge in [0.05, 0.1) is 0 Å². The van der Waals surface area contributed by atoms with Crippen LogP contribution in [-0.4, -0.2) is 4.98 Å². The van der Waals surface area contributed by atoms with Crippen molar-refractivity contribution in [2.24, 2.45) is 0 Å². The van der Waals surface area contributed by atoms with Crippen molar-refractivity contribution in [3.05, 3.63) is 157 Å². The van der Waals surface area contributed by atoms with Crippen LogP contribution in [-0.2, 0) is 5.41 Å². The zero-order valence-corrected chi connectivity index (χ0v) is 25.9. The molecule has 0 amide bonds. The number of nitrogens with one attached hydrogen (secondary N) is 1. The lowest BCUT2D eigenvalue weighted by Crippen LogP contribution is -2.14. The molecule has 0 radical (unpaired) electrons. The van der Waals surface area contributed by atoms with E-state index in [1.807, 2.05) is 0 Å². The lowest BCUT2D eigenvalue weighted by molar-refractivity contribution is 0.660. The van der Waals surface area contributed by atoms with Crippen molar-refractivity contribution in [2.75, 3.05) is 0 Å². The van der Waals surface area contributed by atoms with Gasteiger partial charge in [-0.2, -0.15) is 0 Å². The minimum Gasteiger partial charge on any atom is -0.355 e. The summed E-state index contributed by atoms with van der Waals surface area (Å²) in [6.07, 6.45) is 0. The molecule has 0 bridgehead atoms. The summed E-state index contributed by atoms with van der Waals surface area (Å²) in [5, 5.41) is 10.3. The van der Waals surface area contributed by atoms with E-state index in [0.717, 1.165) is 0 Å². The Labute approximate surface area is 267 Å². The van der Waals surface area contributed by atoms with E-state index < -0.39 is 0 Å². The van der Waals surface area contributed by atoms with Crippen molar-refractivity contribution in [3.8, 4) is 33.4 Å². The smallest absolute Gasteiger partial charge is 0.0465 e. The summed E-state index contributed by atoms with van der Waals surface area (Å²) in [5.74, 6) is 0. The largest absolute Gasteiger partial charge is 0.355 e. The number of benzene rings is 8. The molecule has 216 valence electrons. The van der Waals surface area contributed by atoms with Gasteiger partial charge in [-0.25, -0.2) is 0 Å². The quantitative estimate of drug-likeness (QED) is 0.194. The zero-order valence-electron chi connectivity index (χ0n) is 25.9. The zero-order chi connectivity index (χ0) is 30.6. The van der Waals surface area contributed by atoms with Crippen molar-refractivity contribution in [3.63, 3.8) is 0 Å². The third kappa shape index (κ3) is 3.51. The third-order valence-electron chi connectivity index (χ3n) is 10.6. The van der Waals surface area contributed by atoms with Crippen molar-refractivity contribution in [2.45, 2.75) is 19.3 Å². The van der Waals surface area contributed by atoms with Crippen LogP contribution in [0.4, 0.5) is 0 Å². The fraction of sp³-hybridized carbons (Fsp3) is 0.0667.